The van der Waals surface area contributed by atoms with Crippen LogP contribution in [0.3, 0.4) is 0 Å². The fourth-order valence-corrected chi connectivity index (χ4v) is 5.84. The number of nitrogens with two attached hydrogens (primary N) is 1. The number of aliphatic hydroxyl groups excluding tert-OH is 2. The Kier molecular flexibility index (Phi) is 6.39. The molecule has 4 atom stereocenters. The van der Waals surface area contributed by atoms with Gasteiger partial charge in [-0.05, 0) is 64.6 Å². The van der Waals surface area contributed by atoms with Crippen molar-refractivity contribution in [3.63, 3.8) is 0 Å². The lowest BCUT2D eigenvalue weighted by atomic mass is 9.58. The third-order valence-corrected chi connectivity index (χ3v) is 7.34. The number of allylic oxidation sites excluding steroid dienone is 1. The zero-order valence-electron chi connectivity index (χ0n) is 20.9. The molecule has 7 N–H and O–H groups in total. The highest BCUT2D eigenvalue weighted by Crippen LogP contribution is 2.52. The Morgan fingerprint density at radius 1 is 1.14 bits per heavy atom. The van der Waals surface area contributed by atoms with Crippen molar-refractivity contribution in [1.29, 1.82) is 0 Å². The normalized spacial score (nSPS) is 27.3. The average molecular weight is 515 g/mol. The second kappa shape index (κ2) is 8.98. The van der Waals surface area contributed by atoms with E-state index in [1.54, 1.807) is 33.1 Å². The van der Waals surface area contributed by atoms with Crippen LogP contribution < -0.4 is 11.1 Å². The van der Waals surface area contributed by atoms with E-state index in [9.17, 15) is 39.6 Å². The van der Waals surface area contributed by atoms with Crippen LogP contribution in [-0.2, 0) is 20.8 Å². The maximum Gasteiger partial charge on any atom is 0.255 e. The number of carbonyl (C=O) groups excluding carboxylic acids is 4. The van der Waals surface area contributed by atoms with Crippen molar-refractivity contribution in [2.24, 2.45) is 17.6 Å². The molecule has 37 heavy (non-hydrogen) atoms. The fraction of sp³-hybridized carbons (Fsp3) is 0.440. The van der Waals surface area contributed by atoms with Crippen LogP contribution in [0.4, 0.5) is 5.69 Å². The van der Waals surface area contributed by atoms with E-state index in [1.165, 1.54) is 17.0 Å². The number of aromatic hydroxyl groups is 1. The van der Waals surface area contributed by atoms with Gasteiger partial charge in [-0.25, -0.2) is 0 Å². The van der Waals surface area contributed by atoms with E-state index >= 15 is 0 Å². The fourth-order valence-electron chi connectivity index (χ4n) is 5.84. The van der Waals surface area contributed by atoms with Gasteiger partial charge in [0.25, 0.3) is 5.91 Å². The summed E-state index contributed by atoms with van der Waals surface area (Å²) in [5.74, 6) is -7.54. The number of rotatable bonds is 5. The molecule has 0 saturated heterocycles. The van der Waals surface area contributed by atoms with Gasteiger partial charge in [-0.15, -0.1) is 0 Å². The van der Waals surface area contributed by atoms with Gasteiger partial charge in [-0.2, -0.15) is 0 Å². The number of benzene rings is 1. The summed E-state index contributed by atoms with van der Waals surface area (Å²) < 4.78 is 0. The number of fused-ring (bicyclic) bond motifs is 3. The molecule has 0 spiro atoms. The number of anilines is 1. The van der Waals surface area contributed by atoms with Crippen LogP contribution >= 0.6 is 0 Å². The Hall–Kier alpha value is -3.74. The molecule has 3 aliphatic rings. The highest BCUT2D eigenvalue weighted by molar-refractivity contribution is 6.25. The van der Waals surface area contributed by atoms with Gasteiger partial charge in [0, 0.05) is 17.2 Å². The number of carbonyl (C=O) groups is 4. The summed E-state index contributed by atoms with van der Waals surface area (Å²) >= 11 is 0. The number of phenols is 1. The summed E-state index contributed by atoms with van der Waals surface area (Å²) in [5.41, 5.74) is 2.01. The van der Waals surface area contributed by atoms with Crippen molar-refractivity contribution >= 4 is 29.1 Å². The number of nitrogens with one attached hydrogen (secondary N) is 1. The molecule has 12 heteroatoms. The SMILES string of the molecule is CN(C)CC(=O)Nc1ccc(O)c2c1C[C@@H]1C[C@H]3[C@@H](N(C)C)C(O)=C(C(N)=O)C(=O)[C@]3(O)C(O)=C1C2=O. The topological polar surface area (TPSA) is 194 Å². The van der Waals surface area contributed by atoms with E-state index in [4.69, 9.17) is 5.73 Å². The first-order chi connectivity index (χ1) is 17.2. The number of hydrogen-bond donors (Lipinski definition) is 6. The molecule has 1 aromatic carbocycles. The van der Waals surface area contributed by atoms with Gasteiger partial charge in [-0.3, -0.25) is 24.1 Å². The minimum atomic E-state index is -2.70. The first-order valence-electron chi connectivity index (χ1n) is 11.7. The van der Waals surface area contributed by atoms with E-state index in [1.807, 2.05) is 0 Å². The number of Topliss-reactive ketones (excluding diaryl/α,β-unsaturated/α-hetero) is 2. The number of aliphatic hydroxyl groups is 3. The number of hydrogen-bond acceptors (Lipinski definition) is 10. The third-order valence-electron chi connectivity index (χ3n) is 7.34. The lowest BCUT2D eigenvalue weighted by Crippen LogP contribution is -2.63. The molecule has 0 radical (unpaired) electrons. The van der Waals surface area contributed by atoms with Crippen LogP contribution in [0, 0.1) is 11.8 Å². The summed E-state index contributed by atoms with van der Waals surface area (Å²) in [6, 6.07) is 1.64. The summed E-state index contributed by atoms with van der Waals surface area (Å²) in [6.07, 6.45) is 0.0486. The molecule has 1 aromatic rings. The smallest absolute Gasteiger partial charge is 0.255 e. The number of primary amides is 1. The molecule has 2 amide bonds. The van der Waals surface area contributed by atoms with Crippen LogP contribution in [-0.4, -0.2) is 100.0 Å². The van der Waals surface area contributed by atoms with E-state index in [-0.39, 0.29) is 36.4 Å². The molecule has 0 fully saturated rings. The second-order valence-electron chi connectivity index (χ2n) is 10.2. The number of nitrogens with zero attached hydrogens (tertiary/aromatic N) is 2. The zero-order valence-corrected chi connectivity index (χ0v) is 20.9. The van der Waals surface area contributed by atoms with Crippen LogP contribution in [0.1, 0.15) is 22.3 Å². The average Bonchev–Trinajstić information content (AvgIpc) is 2.77. The van der Waals surface area contributed by atoms with E-state index < -0.39 is 63.8 Å². The molecule has 0 aliphatic heterocycles. The molecule has 0 unspecified atom stereocenters. The third kappa shape index (κ3) is 3.88. The van der Waals surface area contributed by atoms with Gasteiger partial charge in [0.2, 0.25) is 11.7 Å². The van der Waals surface area contributed by atoms with Crippen LogP contribution in [0.15, 0.2) is 34.8 Å². The first kappa shape index (κ1) is 26.3. The van der Waals surface area contributed by atoms with Gasteiger partial charge >= 0.3 is 0 Å². The maximum absolute atomic E-state index is 13.6. The lowest BCUT2D eigenvalue weighted by Gasteiger charge is -2.50. The van der Waals surface area contributed by atoms with Crippen LogP contribution in [0.5, 0.6) is 5.75 Å². The molecule has 12 nitrogen and oxygen atoms in total. The molecular formula is C25H30N4O8. The second-order valence-corrected chi connectivity index (χ2v) is 10.2. The van der Waals surface area contributed by atoms with Crippen molar-refractivity contribution in [1.82, 2.24) is 9.80 Å². The van der Waals surface area contributed by atoms with Crippen LogP contribution in [0.25, 0.3) is 0 Å². The van der Waals surface area contributed by atoms with E-state index in [2.05, 4.69) is 5.32 Å². The predicted octanol–water partition coefficient (Wildman–Crippen LogP) is -0.379. The number of phenolic OH excluding ortho intramolecular Hbond substituents is 1. The summed E-state index contributed by atoms with van der Waals surface area (Å²) in [5, 5.41) is 46.9. The van der Waals surface area contributed by atoms with Crippen LogP contribution in [0.2, 0.25) is 0 Å². The Labute approximate surface area is 212 Å². The number of likely N-dealkylation sites (N-methyl/N-ethyl adjacent to an activating group) is 2. The van der Waals surface area contributed by atoms with E-state index in [0.29, 0.717) is 11.3 Å². The molecule has 0 aromatic heterocycles. The summed E-state index contributed by atoms with van der Waals surface area (Å²) in [4.78, 5) is 54.5. The highest BCUT2D eigenvalue weighted by Gasteiger charge is 2.63. The number of ketones is 2. The molecule has 0 heterocycles. The van der Waals surface area contributed by atoms with Crippen molar-refractivity contribution in [3.05, 3.63) is 45.9 Å². The standard InChI is InChI=1S/C25H30N4O8/c1-28(2)9-15(31)27-13-5-6-14(30)17-11(13)7-10-8-12-19(29(3)4)21(33)18(24(26)36)23(35)25(12,37)22(34)16(10)20(17)32/h5-6,10,12,19,30,33-34,37H,7-9H2,1-4H3,(H2,26,36)(H,27,31)/t10-,12+,19-,25-/m1/s1. The van der Waals surface area contributed by atoms with Crippen molar-refractivity contribution < 1.29 is 39.6 Å². The molecule has 198 valence electrons. The van der Waals surface area contributed by atoms with Gasteiger partial charge < -0.3 is 36.4 Å². The van der Waals surface area contributed by atoms with Crippen molar-refractivity contribution in [2.75, 3.05) is 40.1 Å². The quantitative estimate of drug-likeness (QED) is 0.223. The monoisotopic (exact) mass is 514 g/mol. The minimum absolute atomic E-state index is 0.0352. The van der Waals surface area contributed by atoms with E-state index in [0.717, 1.165) is 0 Å². The van der Waals surface area contributed by atoms with Gasteiger partial charge in [0.05, 0.1) is 18.2 Å². The molecule has 0 saturated carbocycles. The van der Waals surface area contributed by atoms with Gasteiger partial charge in [0.15, 0.2) is 11.4 Å². The Balaban J connectivity index is 1.88. The lowest BCUT2D eigenvalue weighted by molar-refractivity contribution is -0.148. The predicted molar refractivity (Wildman–Crippen MR) is 131 cm³/mol. The van der Waals surface area contributed by atoms with Gasteiger partial charge in [-0.1, -0.05) is 0 Å². The highest BCUT2D eigenvalue weighted by atomic mass is 16.3. The molecule has 0 bridgehead atoms. The van der Waals surface area contributed by atoms with Crippen molar-refractivity contribution in [3.8, 4) is 5.75 Å². The maximum atomic E-state index is 13.6. The van der Waals surface area contributed by atoms with Gasteiger partial charge in [0.1, 0.15) is 22.8 Å². The largest absolute Gasteiger partial charge is 0.510 e. The first-order valence-corrected chi connectivity index (χ1v) is 11.7. The Morgan fingerprint density at radius 2 is 1.78 bits per heavy atom. The number of amides is 2. The summed E-state index contributed by atoms with van der Waals surface area (Å²) in [6.45, 7) is 0.0779. The Morgan fingerprint density at radius 3 is 2.35 bits per heavy atom. The summed E-state index contributed by atoms with van der Waals surface area (Å²) in [7, 11) is 6.56. The Bertz CT molecular complexity index is 1300. The zero-order chi connectivity index (χ0) is 27.6. The minimum Gasteiger partial charge on any atom is -0.510 e. The molecule has 3 aliphatic carbocycles. The van der Waals surface area contributed by atoms with Crippen molar-refractivity contribution in [2.45, 2.75) is 24.5 Å². The molecular weight excluding hydrogens is 484 g/mol. The molecule has 4 rings (SSSR count).